The molecule has 0 bridgehead atoms. The van der Waals surface area contributed by atoms with E-state index in [1.165, 1.54) is 0 Å². The van der Waals surface area contributed by atoms with E-state index < -0.39 is 0 Å². The van der Waals surface area contributed by atoms with Crippen LogP contribution in [-0.4, -0.2) is 15.2 Å². The molecule has 1 atom stereocenters. The Morgan fingerprint density at radius 1 is 1.43 bits per heavy atom. The summed E-state index contributed by atoms with van der Waals surface area (Å²) in [7, 11) is 0. The summed E-state index contributed by atoms with van der Waals surface area (Å²) in [5.41, 5.74) is 1.59. The Morgan fingerprint density at radius 3 is 2.93 bits per heavy atom. The minimum atomic E-state index is -0.338. The number of nitrogens with one attached hydrogen (secondary N) is 1. The highest BCUT2D eigenvalue weighted by Gasteiger charge is 2.14. The number of rotatable bonds is 2. The average Bonchev–Trinajstić information content (AvgIpc) is 2.74. The van der Waals surface area contributed by atoms with Gasteiger partial charge in [0.15, 0.2) is 0 Å². The summed E-state index contributed by atoms with van der Waals surface area (Å²) >= 11 is 0. The molecular formula is C10H8N4. The number of nitriles is 1. The Kier molecular flexibility index (Phi) is 2.24. The first-order valence-corrected chi connectivity index (χ1v) is 4.21. The van der Waals surface area contributed by atoms with E-state index in [0.717, 1.165) is 5.56 Å². The summed E-state index contributed by atoms with van der Waals surface area (Å²) < 4.78 is 0. The maximum absolute atomic E-state index is 9.02. The van der Waals surface area contributed by atoms with E-state index in [0.29, 0.717) is 5.69 Å². The molecule has 0 saturated carbocycles. The maximum Gasteiger partial charge on any atom is 0.117 e. The molecule has 0 spiro atoms. The smallest absolute Gasteiger partial charge is 0.117 e. The van der Waals surface area contributed by atoms with Crippen molar-refractivity contribution in [1.29, 1.82) is 5.26 Å². The van der Waals surface area contributed by atoms with Crippen molar-refractivity contribution < 1.29 is 0 Å². The Morgan fingerprint density at radius 2 is 2.36 bits per heavy atom. The lowest BCUT2D eigenvalue weighted by atomic mass is 10.0. The van der Waals surface area contributed by atoms with Gasteiger partial charge >= 0.3 is 0 Å². The lowest BCUT2D eigenvalue weighted by Gasteiger charge is -2.03. The van der Waals surface area contributed by atoms with E-state index in [2.05, 4.69) is 21.3 Å². The number of aromatic amines is 1. The first kappa shape index (κ1) is 8.45. The van der Waals surface area contributed by atoms with E-state index in [9.17, 15) is 0 Å². The minimum Gasteiger partial charge on any atom is -0.367 e. The zero-order valence-electron chi connectivity index (χ0n) is 7.38. The molecule has 2 heterocycles. The normalized spacial score (nSPS) is 11.9. The van der Waals surface area contributed by atoms with Crippen molar-refractivity contribution in [2.75, 3.05) is 0 Å². The topological polar surface area (TPSA) is 65.4 Å². The highest BCUT2D eigenvalue weighted by Crippen LogP contribution is 2.20. The molecule has 0 radical (unpaired) electrons. The summed E-state index contributed by atoms with van der Waals surface area (Å²) in [4.78, 5) is 2.91. The molecule has 0 aliphatic rings. The Labute approximate surface area is 81.2 Å². The van der Waals surface area contributed by atoms with E-state index in [1.54, 1.807) is 30.7 Å². The molecule has 4 heteroatoms. The lowest BCUT2D eigenvalue weighted by molar-refractivity contribution is 0.885. The number of aromatic nitrogens is 3. The van der Waals surface area contributed by atoms with Gasteiger partial charge in [0.2, 0.25) is 0 Å². The molecule has 0 amide bonds. The van der Waals surface area contributed by atoms with E-state index >= 15 is 0 Å². The molecule has 2 aromatic rings. The predicted molar refractivity (Wildman–Crippen MR) is 50.3 cm³/mol. The number of hydrogen-bond acceptors (Lipinski definition) is 3. The van der Waals surface area contributed by atoms with Crippen LogP contribution in [0.1, 0.15) is 17.2 Å². The van der Waals surface area contributed by atoms with Crippen molar-refractivity contribution >= 4 is 0 Å². The molecule has 0 aliphatic carbocycles. The fourth-order valence-corrected chi connectivity index (χ4v) is 1.30. The van der Waals surface area contributed by atoms with E-state index in [1.807, 2.05) is 6.07 Å². The average molecular weight is 184 g/mol. The van der Waals surface area contributed by atoms with Crippen LogP contribution in [0.3, 0.4) is 0 Å². The number of H-pyrrole nitrogens is 1. The van der Waals surface area contributed by atoms with Gasteiger partial charge in [-0.05, 0) is 23.8 Å². The summed E-state index contributed by atoms with van der Waals surface area (Å²) in [6.45, 7) is 0. The molecular weight excluding hydrogens is 176 g/mol. The molecule has 1 N–H and O–H groups in total. The molecule has 0 saturated heterocycles. The first-order valence-electron chi connectivity index (χ1n) is 4.21. The van der Waals surface area contributed by atoms with Crippen molar-refractivity contribution in [2.45, 2.75) is 5.92 Å². The van der Waals surface area contributed by atoms with Crippen LogP contribution in [0.15, 0.2) is 36.8 Å². The predicted octanol–water partition coefficient (Wildman–Crippen LogP) is 1.46. The van der Waals surface area contributed by atoms with Gasteiger partial charge < -0.3 is 4.98 Å². The summed E-state index contributed by atoms with van der Waals surface area (Å²) in [5, 5.41) is 16.7. The highest BCUT2D eigenvalue weighted by molar-refractivity contribution is 5.31. The standard InChI is InChI=1S/C10H8N4/c11-6-9(8-3-5-12-7-8)10-2-1-4-13-14-10/h1-5,7,9,12H. The molecule has 68 valence electrons. The van der Waals surface area contributed by atoms with Crippen molar-refractivity contribution in [1.82, 2.24) is 15.2 Å². The molecule has 2 aromatic heterocycles. The van der Waals surface area contributed by atoms with Gasteiger partial charge in [-0.25, -0.2) is 0 Å². The van der Waals surface area contributed by atoms with Gasteiger partial charge in [0.25, 0.3) is 0 Å². The Balaban J connectivity index is 2.38. The van der Waals surface area contributed by atoms with Crippen LogP contribution in [0.2, 0.25) is 0 Å². The van der Waals surface area contributed by atoms with Crippen molar-refractivity contribution in [3.8, 4) is 6.07 Å². The second kappa shape index (κ2) is 3.71. The summed E-state index contributed by atoms with van der Waals surface area (Å²) in [6, 6.07) is 7.64. The van der Waals surface area contributed by atoms with Crippen LogP contribution in [0.4, 0.5) is 0 Å². The van der Waals surface area contributed by atoms with E-state index in [-0.39, 0.29) is 5.92 Å². The van der Waals surface area contributed by atoms with Crippen LogP contribution < -0.4 is 0 Å². The maximum atomic E-state index is 9.02. The first-order chi connectivity index (χ1) is 6.92. The Hall–Kier alpha value is -2.15. The highest BCUT2D eigenvalue weighted by atomic mass is 15.1. The zero-order chi connectivity index (χ0) is 9.80. The van der Waals surface area contributed by atoms with Gasteiger partial charge in [0, 0.05) is 18.6 Å². The van der Waals surface area contributed by atoms with Crippen LogP contribution in [-0.2, 0) is 0 Å². The third kappa shape index (κ3) is 1.48. The van der Waals surface area contributed by atoms with Gasteiger partial charge in [0.1, 0.15) is 5.92 Å². The fourth-order valence-electron chi connectivity index (χ4n) is 1.30. The largest absolute Gasteiger partial charge is 0.367 e. The lowest BCUT2D eigenvalue weighted by Crippen LogP contribution is -2.00. The van der Waals surface area contributed by atoms with Gasteiger partial charge in [-0.1, -0.05) is 0 Å². The molecule has 0 aromatic carbocycles. The second-order valence-corrected chi connectivity index (χ2v) is 2.85. The minimum absolute atomic E-state index is 0.338. The third-order valence-electron chi connectivity index (χ3n) is 1.97. The van der Waals surface area contributed by atoms with Crippen molar-refractivity contribution in [3.05, 3.63) is 48.0 Å². The van der Waals surface area contributed by atoms with Crippen LogP contribution in [0.25, 0.3) is 0 Å². The van der Waals surface area contributed by atoms with Gasteiger partial charge in [-0.2, -0.15) is 15.5 Å². The van der Waals surface area contributed by atoms with Crippen molar-refractivity contribution in [3.63, 3.8) is 0 Å². The number of hydrogen-bond donors (Lipinski definition) is 1. The van der Waals surface area contributed by atoms with Crippen LogP contribution in [0, 0.1) is 11.3 Å². The summed E-state index contributed by atoms with van der Waals surface area (Å²) in [6.07, 6.45) is 5.17. The van der Waals surface area contributed by atoms with Crippen LogP contribution in [0.5, 0.6) is 0 Å². The molecule has 14 heavy (non-hydrogen) atoms. The monoisotopic (exact) mass is 184 g/mol. The third-order valence-corrected chi connectivity index (χ3v) is 1.97. The molecule has 1 unspecified atom stereocenters. The van der Waals surface area contributed by atoms with Gasteiger partial charge in [-0.15, -0.1) is 0 Å². The van der Waals surface area contributed by atoms with Crippen molar-refractivity contribution in [2.24, 2.45) is 0 Å². The molecule has 4 nitrogen and oxygen atoms in total. The quantitative estimate of drug-likeness (QED) is 0.768. The summed E-state index contributed by atoms with van der Waals surface area (Å²) in [5.74, 6) is -0.338. The van der Waals surface area contributed by atoms with E-state index in [4.69, 9.17) is 5.26 Å². The number of nitrogens with zero attached hydrogens (tertiary/aromatic N) is 3. The zero-order valence-corrected chi connectivity index (χ0v) is 7.38. The van der Waals surface area contributed by atoms with Gasteiger partial charge in [-0.3, -0.25) is 0 Å². The van der Waals surface area contributed by atoms with Gasteiger partial charge in [0.05, 0.1) is 11.8 Å². The molecule has 0 fully saturated rings. The second-order valence-electron chi connectivity index (χ2n) is 2.85. The fraction of sp³-hybridized carbons (Fsp3) is 0.100. The SMILES string of the molecule is N#CC(c1cc[nH]c1)c1cccnn1. The molecule has 0 aliphatic heterocycles. The molecule has 2 rings (SSSR count). The Bertz CT molecular complexity index is 427. The van der Waals surface area contributed by atoms with Crippen LogP contribution >= 0.6 is 0 Å².